The van der Waals surface area contributed by atoms with E-state index >= 15 is 0 Å². The van der Waals surface area contributed by atoms with Crippen LogP contribution in [-0.2, 0) is 0 Å². The number of carbonyl (C=O) groups excluding carboxylic acids is 1. The van der Waals surface area contributed by atoms with E-state index in [1.165, 1.54) is 37.6 Å². The third-order valence-electron chi connectivity index (χ3n) is 4.49. The van der Waals surface area contributed by atoms with Gasteiger partial charge in [-0.25, -0.2) is 9.78 Å². The number of rotatable bonds is 4. The highest BCUT2D eigenvalue weighted by atomic mass is 16.4. The van der Waals surface area contributed by atoms with Crippen molar-refractivity contribution in [2.24, 2.45) is 5.92 Å². The van der Waals surface area contributed by atoms with Gasteiger partial charge in [-0.15, -0.1) is 0 Å². The molecule has 0 aliphatic heterocycles. The van der Waals surface area contributed by atoms with Crippen LogP contribution in [0.3, 0.4) is 0 Å². The first kappa shape index (κ1) is 15.5. The van der Waals surface area contributed by atoms with Gasteiger partial charge in [-0.3, -0.25) is 4.79 Å². The highest BCUT2D eigenvalue weighted by Crippen LogP contribution is 2.29. The smallest absolute Gasteiger partial charge is 0.354 e. The van der Waals surface area contributed by atoms with Gasteiger partial charge in [0.25, 0.3) is 5.91 Å². The summed E-state index contributed by atoms with van der Waals surface area (Å²) in [6.07, 6.45) is 7.00. The number of aromatic nitrogens is 1. The molecule has 114 valence electrons. The molecule has 0 saturated heterocycles. The topological polar surface area (TPSA) is 70.5 Å². The zero-order valence-corrected chi connectivity index (χ0v) is 12.6. The minimum absolute atomic E-state index is 0.0438. The van der Waals surface area contributed by atoms with E-state index in [4.69, 9.17) is 5.11 Å². The van der Waals surface area contributed by atoms with Crippen LogP contribution in [0.25, 0.3) is 0 Å². The van der Waals surface area contributed by atoms with Crippen molar-refractivity contribution in [2.45, 2.75) is 45.1 Å². The highest BCUT2D eigenvalue weighted by molar-refractivity contribution is 5.94. The van der Waals surface area contributed by atoms with Gasteiger partial charge in [-0.05, 0) is 43.7 Å². The predicted molar refractivity (Wildman–Crippen MR) is 79.3 cm³/mol. The number of hydrogen-bond donors (Lipinski definition) is 1. The van der Waals surface area contributed by atoms with E-state index in [-0.39, 0.29) is 17.6 Å². The van der Waals surface area contributed by atoms with Gasteiger partial charge in [0.1, 0.15) is 5.69 Å². The number of nitrogens with zero attached hydrogens (tertiary/aromatic N) is 2. The molecule has 0 spiro atoms. The Morgan fingerprint density at radius 3 is 2.43 bits per heavy atom. The molecule has 1 aliphatic carbocycles. The van der Waals surface area contributed by atoms with Gasteiger partial charge in [-0.1, -0.05) is 13.3 Å². The van der Waals surface area contributed by atoms with Crippen LogP contribution in [0, 0.1) is 5.92 Å². The summed E-state index contributed by atoms with van der Waals surface area (Å²) in [5.41, 5.74) is 0.401. The number of pyridine rings is 1. The Morgan fingerprint density at radius 1 is 1.29 bits per heavy atom. The molecule has 1 aromatic rings. The monoisotopic (exact) mass is 290 g/mol. The maximum atomic E-state index is 12.4. The largest absolute Gasteiger partial charge is 0.477 e. The number of carboxylic acids is 1. The zero-order valence-electron chi connectivity index (χ0n) is 12.6. The predicted octanol–water partition coefficient (Wildman–Crippen LogP) is 2.82. The first-order valence-corrected chi connectivity index (χ1v) is 7.49. The van der Waals surface area contributed by atoms with Gasteiger partial charge in [0.05, 0.1) is 5.56 Å². The summed E-state index contributed by atoms with van der Waals surface area (Å²) in [4.78, 5) is 28.8. The molecule has 5 heteroatoms. The molecular formula is C16H22N2O3. The minimum Gasteiger partial charge on any atom is -0.477 e. The van der Waals surface area contributed by atoms with Crippen molar-refractivity contribution in [3.63, 3.8) is 0 Å². The fourth-order valence-electron chi connectivity index (χ4n) is 2.96. The van der Waals surface area contributed by atoms with Crippen molar-refractivity contribution < 1.29 is 14.7 Å². The lowest BCUT2D eigenvalue weighted by Crippen LogP contribution is -2.39. The highest BCUT2D eigenvalue weighted by Gasteiger charge is 2.26. The lowest BCUT2D eigenvalue weighted by atomic mass is 9.84. The van der Waals surface area contributed by atoms with Gasteiger partial charge in [0, 0.05) is 19.3 Å². The minimum atomic E-state index is -1.08. The van der Waals surface area contributed by atoms with E-state index < -0.39 is 5.97 Å². The van der Waals surface area contributed by atoms with Crippen LogP contribution in [-0.4, -0.2) is 40.0 Å². The summed E-state index contributed by atoms with van der Waals surface area (Å²) in [6, 6.07) is 3.18. The van der Waals surface area contributed by atoms with Crippen molar-refractivity contribution in [3.8, 4) is 0 Å². The average molecular weight is 290 g/mol. The molecule has 21 heavy (non-hydrogen) atoms. The van der Waals surface area contributed by atoms with Crippen molar-refractivity contribution in [3.05, 3.63) is 29.6 Å². The van der Waals surface area contributed by atoms with Gasteiger partial charge in [0.2, 0.25) is 0 Å². The third kappa shape index (κ3) is 3.60. The molecule has 0 aromatic carbocycles. The third-order valence-corrected chi connectivity index (χ3v) is 4.49. The summed E-state index contributed by atoms with van der Waals surface area (Å²) in [5, 5.41) is 8.82. The number of hydrogen-bond acceptors (Lipinski definition) is 3. The van der Waals surface area contributed by atoms with Crippen molar-refractivity contribution in [1.82, 2.24) is 9.88 Å². The number of aromatic carboxylic acids is 1. The molecule has 1 N–H and O–H groups in total. The molecule has 1 amide bonds. The lowest BCUT2D eigenvalue weighted by molar-refractivity contribution is 0.0665. The normalized spacial score (nSPS) is 21.8. The molecule has 1 saturated carbocycles. The van der Waals surface area contributed by atoms with Crippen LogP contribution in [0.2, 0.25) is 0 Å². The Hall–Kier alpha value is -1.91. The van der Waals surface area contributed by atoms with Crippen LogP contribution < -0.4 is 0 Å². The van der Waals surface area contributed by atoms with Crippen LogP contribution in [0.1, 0.15) is 59.9 Å². The van der Waals surface area contributed by atoms with Crippen molar-refractivity contribution >= 4 is 11.9 Å². The molecule has 0 atom stereocenters. The number of carbonyl (C=O) groups is 2. The first-order chi connectivity index (χ1) is 10.0. The van der Waals surface area contributed by atoms with Gasteiger partial charge < -0.3 is 10.0 Å². The Kier molecular flexibility index (Phi) is 4.94. The quantitative estimate of drug-likeness (QED) is 0.925. The second-order valence-corrected chi connectivity index (χ2v) is 5.74. The molecule has 1 aromatic heterocycles. The SMILES string of the molecule is CCC1CCC(N(C)C(=O)c2ccc(C(=O)O)nc2)CC1. The molecule has 5 nitrogen and oxygen atoms in total. The summed E-state index contributed by atoms with van der Waals surface area (Å²) >= 11 is 0. The van der Waals surface area contributed by atoms with E-state index in [2.05, 4.69) is 11.9 Å². The maximum absolute atomic E-state index is 12.4. The van der Waals surface area contributed by atoms with Crippen molar-refractivity contribution in [1.29, 1.82) is 0 Å². The Morgan fingerprint density at radius 2 is 1.95 bits per heavy atom. The second-order valence-electron chi connectivity index (χ2n) is 5.74. The van der Waals surface area contributed by atoms with E-state index in [9.17, 15) is 9.59 Å². The summed E-state index contributed by atoms with van der Waals surface area (Å²) in [7, 11) is 1.82. The lowest BCUT2D eigenvalue weighted by Gasteiger charge is -2.34. The van der Waals surface area contributed by atoms with Gasteiger partial charge in [0.15, 0.2) is 0 Å². The fraction of sp³-hybridized carbons (Fsp3) is 0.562. The summed E-state index contributed by atoms with van der Waals surface area (Å²) in [5.74, 6) is -0.374. The maximum Gasteiger partial charge on any atom is 0.354 e. The molecular weight excluding hydrogens is 268 g/mol. The molecule has 0 bridgehead atoms. The number of carboxylic acid groups (broad SMARTS) is 1. The van der Waals surface area contributed by atoms with E-state index in [0.717, 1.165) is 18.8 Å². The Balaban J connectivity index is 2.00. The van der Waals surface area contributed by atoms with Crippen molar-refractivity contribution in [2.75, 3.05) is 7.05 Å². The Labute approximate surface area is 125 Å². The first-order valence-electron chi connectivity index (χ1n) is 7.49. The number of amides is 1. The summed E-state index contributed by atoms with van der Waals surface area (Å²) < 4.78 is 0. The van der Waals surface area contributed by atoms with Crippen LogP contribution >= 0.6 is 0 Å². The average Bonchev–Trinajstić information content (AvgIpc) is 2.53. The Bertz CT molecular complexity index is 505. The van der Waals surface area contributed by atoms with E-state index in [1.807, 2.05) is 7.05 Å². The fourth-order valence-corrected chi connectivity index (χ4v) is 2.96. The summed E-state index contributed by atoms with van der Waals surface area (Å²) in [6.45, 7) is 2.22. The molecule has 0 unspecified atom stereocenters. The second kappa shape index (κ2) is 6.70. The van der Waals surface area contributed by atoms with Crippen LogP contribution in [0.15, 0.2) is 18.3 Å². The van der Waals surface area contributed by atoms with Crippen LogP contribution in [0.4, 0.5) is 0 Å². The zero-order chi connectivity index (χ0) is 15.4. The molecule has 1 fully saturated rings. The van der Waals surface area contributed by atoms with Crippen LogP contribution in [0.5, 0.6) is 0 Å². The molecule has 0 radical (unpaired) electrons. The molecule has 1 aliphatic rings. The van der Waals surface area contributed by atoms with E-state index in [0.29, 0.717) is 5.56 Å². The molecule has 1 heterocycles. The van der Waals surface area contributed by atoms with Gasteiger partial charge in [-0.2, -0.15) is 0 Å². The standard InChI is InChI=1S/C16H22N2O3/c1-3-11-4-7-13(8-5-11)18(2)15(19)12-6-9-14(16(20)21)17-10-12/h6,9-11,13H,3-5,7-8H2,1-2H3,(H,20,21). The van der Waals surface area contributed by atoms with Gasteiger partial charge >= 0.3 is 5.97 Å². The van der Waals surface area contributed by atoms with E-state index in [1.54, 1.807) is 4.90 Å². The molecule has 2 rings (SSSR count).